The SMILES string of the molecule is O=C(N[C@@H](Cc1c[nH]c2ccccc12)C(=O)O)C1=Cc2cc(Cl)ccc2OC1. The molecule has 3 aromatic rings. The summed E-state index contributed by atoms with van der Waals surface area (Å²) >= 11 is 5.99. The van der Waals surface area contributed by atoms with Crippen molar-refractivity contribution in [3.63, 3.8) is 0 Å². The van der Waals surface area contributed by atoms with E-state index in [1.54, 1.807) is 30.5 Å². The van der Waals surface area contributed by atoms with Crippen LogP contribution in [0.2, 0.25) is 5.02 Å². The third-order valence-electron chi connectivity index (χ3n) is 4.68. The van der Waals surface area contributed by atoms with Crippen LogP contribution in [-0.4, -0.2) is 34.6 Å². The minimum absolute atomic E-state index is 0.0693. The Labute approximate surface area is 165 Å². The molecule has 2 aromatic carbocycles. The molecule has 0 bridgehead atoms. The van der Waals surface area contributed by atoms with E-state index >= 15 is 0 Å². The smallest absolute Gasteiger partial charge is 0.326 e. The summed E-state index contributed by atoms with van der Waals surface area (Å²) in [7, 11) is 0. The Morgan fingerprint density at radius 1 is 1.25 bits per heavy atom. The highest BCUT2D eigenvalue weighted by Crippen LogP contribution is 2.29. The van der Waals surface area contributed by atoms with Gasteiger partial charge in [0.1, 0.15) is 18.4 Å². The number of aromatic amines is 1. The molecule has 1 amide bonds. The number of hydrogen-bond donors (Lipinski definition) is 3. The maximum absolute atomic E-state index is 12.6. The molecule has 0 saturated carbocycles. The second-order valence-electron chi connectivity index (χ2n) is 6.57. The van der Waals surface area contributed by atoms with Crippen molar-refractivity contribution >= 4 is 40.5 Å². The van der Waals surface area contributed by atoms with Crippen LogP contribution < -0.4 is 10.1 Å². The molecule has 0 unspecified atom stereocenters. The quantitative estimate of drug-likeness (QED) is 0.616. The first kappa shape index (κ1) is 18.1. The van der Waals surface area contributed by atoms with E-state index in [2.05, 4.69) is 10.3 Å². The van der Waals surface area contributed by atoms with Crippen molar-refractivity contribution in [2.45, 2.75) is 12.5 Å². The largest absolute Gasteiger partial charge is 0.488 e. The molecule has 0 saturated heterocycles. The maximum Gasteiger partial charge on any atom is 0.326 e. The molecule has 7 heteroatoms. The molecular formula is C21H17ClN2O4. The number of rotatable bonds is 5. The van der Waals surface area contributed by atoms with Crippen molar-refractivity contribution in [3.05, 3.63) is 70.4 Å². The monoisotopic (exact) mass is 396 g/mol. The van der Waals surface area contributed by atoms with Gasteiger partial charge in [-0.3, -0.25) is 4.79 Å². The van der Waals surface area contributed by atoms with Gasteiger partial charge in [-0.05, 0) is 35.9 Å². The van der Waals surface area contributed by atoms with Crippen LogP contribution in [0, 0.1) is 0 Å². The highest BCUT2D eigenvalue weighted by atomic mass is 35.5. The van der Waals surface area contributed by atoms with Gasteiger partial charge in [0.15, 0.2) is 0 Å². The summed E-state index contributed by atoms with van der Waals surface area (Å²) in [6, 6.07) is 11.7. The van der Waals surface area contributed by atoms with Crippen LogP contribution in [-0.2, 0) is 16.0 Å². The lowest BCUT2D eigenvalue weighted by Crippen LogP contribution is -2.43. The molecule has 0 fully saturated rings. The number of halogens is 1. The predicted octanol–water partition coefficient (Wildman–Crippen LogP) is 3.41. The van der Waals surface area contributed by atoms with Crippen molar-refractivity contribution in [2.24, 2.45) is 0 Å². The Bertz CT molecular complexity index is 1100. The number of benzene rings is 2. The Hall–Kier alpha value is -3.25. The molecule has 1 atom stereocenters. The fourth-order valence-electron chi connectivity index (χ4n) is 3.25. The van der Waals surface area contributed by atoms with E-state index < -0.39 is 17.9 Å². The number of carboxylic acids is 1. The van der Waals surface area contributed by atoms with Gasteiger partial charge in [0.05, 0.1) is 5.57 Å². The van der Waals surface area contributed by atoms with Gasteiger partial charge < -0.3 is 20.1 Å². The van der Waals surface area contributed by atoms with Gasteiger partial charge in [0, 0.05) is 34.1 Å². The third-order valence-corrected chi connectivity index (χ3v) is 4.91. The van der Waals surface area contributed by atoms with Crippen LogP contribution in [0.25, 0.3) is 17.0 Å². The third kappa shape index (κ3) is 3.59. The van der Waals surface area contributed by atoms with Gasteiger partial charge in [0.2, 0.25) is 0 Å². The van der Waals surface area contributed by atoms with Crippen molar-refractivity contribution in [1.29, 1.82) is 0 Å². The molecule has 28 heavy (non-hydrogen) atoms. The van der Waals surface area contributed by atoms with Gasteiger partial charge in [-0.25, -0.2) is 4.79 Å². The van der Waals surface area contributed by atoms with E-state index in [9.17, 15) is 14.7 Å². The van der Waals surface area contributed by atoms with Gasteiger partial charge in [-0.15, -0.1) is 0 Å². The van der Waals surface area contributed by atoms with Crippen molar-refractivity contribution in [2.75, 3.05) is 6.61 Å². The normalized spacial score (nSPS) is 14.0. The maximum atomic E-state index is 12.6. The minimum Gasteiger partial charge on any atom is -0.488 e. The molecule has 0 spiro atoms. The Morgan fingerprint density at radius 3 is 2.89 bits per heavy atom. The van der Waals surface area contributed by atoms with Crippen LogP contribution >= 0.6 is 11.6 Å². The van der Waals surface area contributed by atoms with Crippen LogP contribution in [0.15, 0.2) is 54.2 Å². The van der Waals surface area contributed by atoms with Crippen LogP contribution in [0.1, 0.15) is 11.1 Å². The second-order valence-corrected chi connectivity index (χ2v) is 7.00. The summed E-state index contributed by atoms with van der Waals surface area (Å²) < 4.78 is 5.58. The molecule has 0 aliphatic carbocycles. The van der Waals surface area contributed by atoms with E-state index in [-0.39, 0.29) is 13.0 Å². The first-order chi connectivity index (χ1) is 13.5. The number of carbonyl (C=O) groups excluding carboxylic acids is 1. The fourth-order valence-corrected chi connectivity index (χ4v) is 3.43. The number of ether oxygens (including phenoxy) is 1. The zero-order valence-corrected chi connectivity index (χ0v) is 15.5. The van der Waals surface area contributed by atoms with Crippen LogP contribution in [0.5, 0.6) is 5.75 Å². The number of H-pyrrole nitrogens is 1. The minimum atomic E-state index is -1.10. The fraction of sp³-hybridized carbons (Fsp3) is 0.143. The molecule has 3 N–H and O–H groups in total. The van der Waals surface area contributed by atoms with Gasteiger partial charge in [-0.1, -0.05) is 29.8 Å². The molecule has 0 radical (unpaired) electrons. The second kappa shape index (κ2) is 7.40. The molecule has 1 aliphatic heterocycles. The van der Waals surface area contributed by atoms with Crippen LogP contribution in [0.3, 0.4) is 0 Å². The Kier molecular flexibility index (Phi) is 4.79. The number of hydrogen-bond acceptors (Lipinski definition) is 3. The number of aliphatic carboxylic acids is 1. The lowest BCUT2D eigenvalue weighted by atomic mass is 10.0. The topological polar surface area (TPSA) is 91.4 Å². The summed E-state index contributed by atoms with van der Waals surface area (Å²) in [6.45, 7) is 0.0693. The predicted molar refractivity (Wildman–Crippen MR) is 106 cm³/mol. The number of fused-ring (bicyclic) bond motifs is 2. The molecular weight excluding hydrogens is 380 g/mol. The Balaban J connectivity index is 1.54. The molecule has 142 valence electrons. The van der Waals surface area contributed by atoms with E-state index in [0.717, 1.165) is 16.5 Å². The van der Waals surface area contributed by atoms with E-state index in [0.29, 0.717) is 21.9 Å². The standard InChI is InChI=1S/C21H17ClN2O4/c22-15-5-6-19-12(8-15)7-14(11-28-19)20(25)24-18(21(26)27)9-13-10-23-17-4-2-1-3-16(13)17/h1-8,10,18,23H,9,11H2,(H,24,25)(H,26,27)/t18-/m0/s1. The van der Waals surface area contributed by atoms with E-state index in [4.69, 9.17) is 16.3 Å². The van der Waals surface area contributed by atoms with Gasteiger partial charge in [-0.2, -0.15) is 0 Å². The summed E-state index contributed by atoms with van der Waals surface area (Å²) in [4.78, 5) is 27.5. The molecule has 4 rings (SSSR count). The highest BCUT2D eigenvalue weighted by molar-refractivity contribution is 6.30. The molecule has 1 aliphatic rings. The molecule has 6 nitrogen and oxygen atoms in total. The van der Waals surface area contributed by atoms with Gasteiger partial charge in [0.25, 0.3) is 5.91 Å². The van der Waals surface area contributed by atoms with E-state index in [1.165, 1.54) is 0 Å². The molecule has 2 heterocycles. The van der Waals surface area contributed by atoms with Crippen molar-refractivity contribution in [1.82, 2.24) is 10.3 Å². The first-order valence-electron chi connectivity index (χ1n) is 8.73. The number of carbonyl (C=O) groups is 2. The number of amides is 1. The summed E-state index contributed by atoms with van der Waals surface area (Å²) in [6.07, 6.45) is 3.61. The zero-order valence-electron chi connectivity index (χ0n) is 14.7. The van der Waals surface area contributed by atoms with Crippen molar-refractivity contribution < 1.29 is 19.4 Å². The summed E-state index contributed by atoms with van der Waals surface area (Å²) in [5.41, 5.74) is 2.78. The average molecular weight is 397 g/mol. The number of carboxylic acid groups (broad SMARTS) is 1. The van der Waals surface area contributed by atoms with Gasteiger partial charge >= 0.3 is 5.97 Å². The van der Waals surface area contributed by atoms with Crippen LogP contribution in [0.4, 0.5) is 0 Å². The summed E-state index contributed by atoms with van der Waals surface area (Å²) in [5, 5.41) is 13.7. The van der Waals surface area contributed by atoms with E-state index in [1.807, 2.05) is 24.3 Å². The lowest BCUT2D eigenvalue weighted by molar-refractivity contribution is -0.141. The number of aromatic nitrogens is 1. The Morgan fingerprint density at radius 2 is 2.07 bits per heavy atom. The summed E-state index contributed by atoms with van der Waals surface area (Å²) in [5.74, 6) is -0.938. The number of nitrogens with one attached hydrogen (secondary N) is 2. The molecule has 1 aromatic heterocycles. The lowest BCUT2D eigenvalue weighted by Gasteiger charge is -2.20. The zero-order chi connectivity index (χ0) is 19.7. The van der Waals surface area contributed by atoms with Crippen molar-refractivity contribution in [3.8, 4) is 5.75 Å². The number of para-hydroxylation sites is 1. The highest BCUT2D eigenvalue weighted by Gasteiger charge is 2.25. The first-order valence-corrected chi connectivity index (χ1v) is 9.10. The average Bonchev–Trinajstić information content (AvgIpc) is 3.09.